The molecular weight excluding hydrogens is 434 g/mol. The van der Waals surface area contributed by atoms with Gasteiger partial charge in [-0.2, -0.15) is 0 Å². The average molecular weight is 464 g/mol. The maximum Gasteiger partial charge on any atom is 0.250 e. The molecule has 0 saturated carbocycles. The predicted molar refractivity (Wildman–Crippen MR) is 119 cm³/mol. The number of aryl methyl sites for hydroxylation is 1. The number of aliphatic hydroxyl groups excluding tert-OH is 1. The fourth-order valence-corrected chi connectivity index (χ4v) is 6.09. The zero-order valence-corrected chi connectivity index (χ0v) is 19.5. The first-order chi connectivity index (χ1) is 15.2. The topological polar surface area (TPSA) is 108 Å². The third-order valence-corrected chi connectivity index (χ3v) is 7.63. The van der Waals surface area contributed by atoms with E-state index in [0.29, 0.717) is 23.6 Å². The Morgan fingerprint density at radius 3 is 2.66 bits per heavy atom. The highest BCUT2D eigenvalue weighted by molar-refractivity contribution is 6.34. The number of hydrogen-bond donors (Lipinski definition) is 3. The van der Waals surface area contributed by atoms with E-state index >= 15 is 0 Å². The van der Waals surface area contributed by atoms with Gasteiger partial charge in [0, 0.05) is 7.05 Å². The highest BCUT2D eigenvalue weighted by Crippen LogP contribution is 2.59. The lowest BCUT2D eigenvalue weighted by Crippen LogP contribution is -2.57. The molecule has 3 fully saturated rings. The molecule has 3 heterocycles. The van der Waals surface area contributed by atoms with Crippen LogP contribution in [0.1, 0.15) is 32.3 Å². The summed E-state index contributed by atoms with van der Waals surface area (Å²) in [5.74, 6) is -2.53. The van der Waals surface area contributed by atoms with Crippen molar-refractivity contribution in [2.75, 3.05) is 19.0 Å². The van der Waals surface area contributed by atoms with Crippen molar-refractivity contribution in [3.8, 4) is 0 Å². The van der Waals surface area contributed by atoms with Crippen LogP contribution in [0.4, 0.5) is 5.69 Å². The molecule has 3 N–H and O–H groups in total. The smallest absolute Gasteiger partial charge is 0.250 e. The number of carbonyl (C=O) groups is 3. The molecule has 174 valence electrons. The van der Waals surface area contributed by atoms with Crippen LogP contribution in [0.2, 0.25) is 5.02 Å². The van der Waals surface area contributed by atoms with E-state index in [0.717, 1.165) is 5.56 Å². The molecule has 1 aromatic carbocycles. The van der Waals surface area contributed by atoms with E-state index in [-0.39, 0.29) is 24.3 Å². The Balaban J connectivity index is 1.79. The highest BCUT2D eigenvalue weighted by atomic mass is 35.5. The number of hydrogen-bond acceptors (Lipinski definition) is 5. The maximum atomic E-state index is 13.8. The Kier molecular flexibility index (Phi) is 5.98. The van der Waals surface area contributed by atoms with Crippen LogP contribution in [0.25, 0.3) is 0 Å². The van der Waals surface area contributed by atoms with Crippen molar-refractivity contribution in [1.29, 1.82) is 0 Å². The van der Waals surface area contributed by atoms with E-state index in [1.165, 1.54) is 11.9 Å². The third-order valence-electron chi connectivity index (χ3n) is 7.32. The van der Waals surface area contributed by atoms with Crippen molar-refractivity contribution >= 4 is 35.0 Å². The van der Waals surface area contributed by atoms with Crippen LogP contribution < -0.4 is 10.6 Å². The number of rotatable bonds is 6. The van der Waals surface area contributed by atoms with Crippen molar-refractivity contribution in [2.45, 2.75) is 57.4 Å². The number of ether oxygens (including phenoxy) is 1. The van der Waals surface area contributed by atoms with Gasteiger partial charge in [0.25, 0.3) is 0 Å². The van der Waals surface area contributed by atoms with Crippen LogP contribution in [0, 0.1) is 24.7 Å². The van der Waals surface area contributed by atoms with Gasteiger partial charge < -0.3 is 25.4 Å². The van der Waals surface area contributed by atoms with E-state index in [4.69, 9.17) is 16.3 Å². The van der Waals surface area contributed by atoms with Gasteiger partial charge in [-0.1, -0.05) is 37.6 Å². The number of nitrogens with zero attached hydrogens (tertiary/aromatic N) is 1. The van der Waals surface area contributed by atoms with E-state index in [2.05, 4.69) is 10.6 Å². The van der Waals surface area contributed by atoms with Crippen molar-refractivity contribution in [1.82, 2.24) is 10.2 Å². The van der Waals surface area contributed by atoms with Crippen molar-refractivity contribution in [3.63, 3.8) is 0 Å². The monoisotopic (exact) mass is 463 g/mol. The molecule has 8 nitrogen and oxygen atoms in total. The minimum atomic E-state index is -1.11. The first kappa shape index (κ1) is 23.0. The van der Waals surface area contributed by atoms with Crippen LogP contribution in [0.5, 0.6) is 0 Å². The number of carbonyl (C=O) groups excluding carboxylic acids is 3. The standard InChI is InChI=1S/C23H30ClN3O5/c1-11(2)14(10-28)27-19(21(30)26-18-12(3)6-5-7-13(18)24)23-9-8-15(32-23)16(20(29)25-4)17(23)22(27)31/h5-7,11,14-17,19,28H,8-10H2,1-4H3,(H,25,29)(H,26,30)/t14-,15-,16+,17-,19?,23?/m0/s1. The number of aliphatic hydroxyl groups is 1. The Hall–Kier alpha value is -2.16. The molecule has 6 atom stereocenters. The number of anilines is 1. The molecule has 32 heavy (non-hydrogen) atoms. The van der Waals surface area contributed by atoms with E-state index in [1.54, 1.807) is 12.1 Å². The summed E-state index contributed by atoms with van der Waals surface area (Å²) < 4.78 is 6.33. The van der Waals surface area contributed by atoms with E-state index < -0.39 is 41.5 Å². The van der Waals surface area contributed by atoms with Gasteiger partial charge in [-0.25, -0.2) is 0 Å². The molecule has 1 spiro atoms. The number of benzene rings is 1. The van der Waals surface area contributed by atoms with Crippen molar-refractivity contribution in [3.05, 3.63) is 28.8 Å². The lowest BCUT2D eigenvalue weighted by atomic mass is 9.70. The van der Waals surface area contributed by atoms with Crippen LogP contribution in [-0.2, 0) is 19.1 Å². The Morgan fingerprint density at radius 1 is 1.34 bits per heavy atom. The summed E-state index contributed by atoms with van der Waals surface area (Å²) in [4.78, 5) is 41.7. The molecule has 4 rings (SSSR count). The number of para-hydroxylation sites is 1. The van der Waals surface area contributed by atoms with Gasteiger partial charge in [0.2, 0.25) is 17.7 Å². The molecule has 2 bridgehead atoms. The summed E-state index contributed by atoms with van der Waals surface area (Å²) in [5.41, 5.74) is 0.158. The molecule has 3 amide bonds. The molecule has 2 unspecified atom stereocenters. The first-order valence-corrected chi connectivity index (χ1v) is 11.4. The number of likely N-dealkylation sites (tertiary alicyclic amines) is 1. The molecular formula is C23H30ClN3O5. The second-order valence-corrected chi connectivity index (χ2v) is 9.74. The Bertz CT molecular complexity index is 933. The number of halogens is 1. The number of nitrogens with one attached hydrogen (secondary N) is 2. The zero-order valence-electron chi connectivity index (χ0n) is 18.7. The molecule has 3 aliphatic heterocycles. The minimum Gasteiger partial charge on any atom is -0.394 e. The summed E-state index contributed by atoms with van der Waals surface area (Å²) in [5, 5.41) is 16.1. The highest BCUT2D eigenvalue weighted by Gasteiger charge is 2.75. The van der Waals surface area contributed by atoms with Crippen molar-refractivity contribution < 1.29 is 24.2 Å². The molecule has 9 heteroatoms. The predicted octanol–water partition coefficient (Wildman–Crippen LogP) is 1.72. The Morgan fingerprint density at radius 2 is 2.06 bits per heavy atom. The fraction of sp³-hybridized carbons (Fsp3) is 0.609. The molecule has 3 saturated heterocycles. The lowest BCUT2D eigenvalue weighted by molar-refractivity contribution is -0.145. The van der Waals surface area contributed by atoms with Gasteiger partial charge in [-0.05, 0) is 37.3 Å². The second-order valence-electron chi connectivity index (χ2n) is 9.33. The summed E-state index contributed by atoms with van der Waals surface area (Å²) >= 11 is 6.34. The van der Waals surface area contributed by atoms with Crippen LogP contribution in [0.15, 0.2) is 18.2 Å². The van der Waals surface area contributed by atoms with Gasteiger partial charge in [0.15, 0.2) is 0 Å². The molecule has 0 aromatic heterocycles. The molecule has 1 aromatic rings. The van der Waals surface area contributed by atoms with Gasteiger partial charge >= 0.3 is 0 Å². The summed E-state index contributed by atoms with van der Waals surface area (Å²) in [6.45, 7) is 5.32. The molecule has 3 aliphatic rings. The average Bonchev–Trinajstić information content (AvgIpc) is 3.38. The minimum absolute atomic E-state index is 0.104. The normalized spacial score (nSPS) is 31.7. The summed E-state index contributed by atoms with van der Waals surface area (Å²) in [6.07, 6.45) is 0.680. The Labute approximate surface area is 192 Å². The molecule has 0 radical (unpaired) electrons. The second kappa shape index (κ2) is 8.32. The van der Waals surface area contributed by atoms with Gasteiger partial charge in [-0.15, -0.1) is 0 Å². The number of amides is 3. The molecule has 0 aliphatic carbocycles. The number of fused-ring (bicyclic) bond motifs is 1. The zero-order chi connectivity index (χ0) is 23.4. The van der Waals surface area contributed by atoms with Gasteiger partial charge in [-0.3, -0.25) is 14.4 Å². The fourth-order valence-electron chi connectivity index (χ4n) is 5.82. The van der Waals surface area contributed by atoms with Crippen LogP contribution in [-0.4, -0.2) is 65.2 Å². The van der Waals surface area contributed by atoms with Gasteiger partial charge in [0.1, 0.15) is 11.6 Å². The summed E-state index contributed by atoms with van der Waals surface area (Å²) in [7, 11) is 1.53. The SMILES string of the molecule is CNC(=O)[C@@H]1[C@@H]2CCC3(O2)C(C(=O)Nc2c(C)cccc2Cl)N([C@@H](CO)C(C)C)C(=O)[C@H]13. The maximum absolute atomic E-state index is 13.8. The lowest BCUT2D eigenvalue weighted by Gasteiger charge is -2.38. The van der Waals surface area contributed by atoms with Gasteiger partial charge in [0.05, 0.1) is 41.3 Å². The summed E-state index contributed by atoms with van der Waals surface area (Å²) in [6, 6.07) is 3.76. The third kappa shape index (κ3) is 3.23. The first-order valence-electron chi connectivity index (χ1n) is 11.1. The van der Waals surface area contributed by atoms with Crippen LogP contribution >= 0.6 is 11.6 Å². The van der Waals surface area contributed by atoms with Crippen molar-refractivity contribution in [2.24, 2.45) is 17.8 Å². The van der Waals surface area contributed by atoms with E-state index in [9.17, 15) is 19.5 Å². The quantitative estimate of drug-likeness (QED) is 0.595. The van der Waals surface area contributed by atoms with E-state index in [1.807, 2.05) is 26.8 Å². The van der Waals surface area contributed by atoms with Crippen LogP contribution in [0.3, 0.4) is 0 Å². The largest absolute Gasteiger partial charge is 0.394 e.